The molecule has 1 aromatic heterocycles. The molecule has 0 saturated heterocycles. The number of rotatable bonds is 3. The minimum Gasteiger partial charge on any atom is -0.348 e. The van der Waals surface area contributed by atoms with Crippen LogP contribution in [0.4, 0.5) is 4.39 Å². The minimum absolute atomic E-state index is 0.284. The van der Waals surface area contributed by atoms with Gasteiger partial charge < -0.3 is 5.32 Å². The molecule has 0 radical (unpaired) electrons. The number of H-pyrrole nitrogens is 1. The van der Waals surface area contributed by atoms with E-state index in [-0.39, 0.29) is 5.91 Å². The molecule has 17 heavy (non-hydrogen) atoms. The minimum atomic E-state index is -0.411. The van der Waals surface area contributed by atoms with Crippen LogP contribution in [0.2, 0.25) is 0 Å². The molecular formula is C13H12FN2O+. The van der Waals surface area contributed by atoms with Gasteiger partial charge in [-0.05, 0) is 24.3 Å². The first-order chi connectivity index (χ1) is 8.25. The number of hydrogen-bond donors (Lipinski definition) is 1. The fourth-order valence-electron chi connectivity index (χ4n) is 1.45. The molecule has 1 aromatic carbocycles. The average molecular weight is 231 g/mol. The molecule has 0 aliphatic rings. The van der Waals surface area contributed by atoms with E-state index < -0.39 is 5.82 Å². The number of amides is 1. The van der Waals surface area contributed by atoms with Crippen molar-refractivity contribution in [2.45, 2.75) is 6.54 Å². The molecule has 2 aromatic rings. The molecule has 0 aliphatic carbocycles. The van der Waals surface area contributed by atoms with Gasteiger partial charge in [-0.3, -0.25) is 4.79 Å². The fourth-order valence-corrected chi connectivity index (χ4v) is 1.45. The summed E-state index contributed by atoms with van der Waals surface area (Å²) in [4.78, 5) is 14.6. The van der Waals surface area contributed by atoms with E-state index in [1.807, 2.05) is 12.1 Å². The topological polar surface area (TPSA) is 43.2 Å². The highest BCUT2D eigenvalue weighted by molar-refractivity contribution is 5.94. The van der Waals surface area contributed by atoms with Gasteiger partial charge in [0.15, 0.2) is 12.4 Å². The first kappa shape index (κ1) is 11.3. The van der Waals surface area contributed by atoms with Crippen molar-refractivity contribution in [2.75, 3.05) is 0 Å². The van der Waals surface area contributed by atoms with Crippen molar-refractivity contribution in [1.82, 2.24) is 5.32 Å². The molecular weight excluding hydrogens is 219 g/mol. The Balaban J connectivity index is 1.98. The van der Waals surface area contributed by atoms with E-state index in [0.717, 1.165) is 5.56 Å². The number of benzene rings is 1. The predicted molar refractivity (Wildman–Crippen MR) is 60.6 cm³/mol. The van der Waals surface area contributed by atoms with E-state index in [4.69, 9.17) is 0 Å². The van der Waals surface area contributed by atoms with Gasteiger partial charge in [-0.15, -0.1) is 0 Å². The molecule has 1 amide bonds. The fraction of sp³-hybridized carbons (Fsp3) is 0.0769. The molecule has 2 N–H and O–H groups in total. The summed E-state index contributed by atoms with van der Waals surface area (Å²) in [6.07, 6.45) is 3.59. The van der Waals surface area contributed by atoms with Crippen molar-refractivity contribution in [3.05, 3.63) is 65.7 Å². The first-order valence-electron chi connectivity index (χ1n) is 5.24. The zero-order valence-electron chi connectivity index (χ0n) is 9.11. The van der Waals surface area contributed by atoms with Crippen molar-refractivity contribution < 1.29 is 14.2 Å². The molecule has 0 unspecified atom stereocenters. The van der Waals surface area contributed by atoms with Crippen LogP contribution in [0.3, 0.4) is 0 Å². The van der Waals surface area contributed by atoms with Crippen LogP contribution < -0.4 is 10.3 Å². The zero-order valence-corrected chi connectivity index (χ0v) is 9.11. The van der Waals surface area contributed by atoms with Crippen molar-refractivity contribution in [2.24, 2.45) is 0 Å². The SMILES string of the molecule is O=C(NCc1ccc[nH+]c1)c1cccc(F)c1. The number of carbonyl (C=O) groups excluding carboxylic acids is 1. The smallest absolute Gasteiger partial charge is 0.251 e. The van der Waals surface area contributed by atoms with E-state index >= 15 is 0 Å². The van der Waals surface area contributed by atoms with Crippen LogP contribution in [-0.2, 0) is 6.54 Å². The van der Waals surface area contributed by atoms with Crippen molar-refractivity contribution in [3.8, 4) is 0 Å². The highest BCUT2D eigenvalue weighted by Crippen LogP contribution is 2.03. The molecule has 0 saturated carbocycles. The molecule has 0 aliphatic heterocycles. The normalized spacial score (nSPS) is 9.94. The molecule has 1 heterocycles. The molecule has 0 spiro atoms. The van der Waals surface area contributed by atoms with Crippen LogP contribution in [0.1, 0.15) is 15.9 Å². The molecule has 2 rings (SSSR count). The van der Waals surface area contributed by atoms with Gasteiger partial charge in [0.25, 0.3) is 5.91 Å². The number of pyridine rings is 1. The largest absolute Gasteiger partial charge is 0.348 e. The summed E-state index contributed by atoms with van der Waals surface area (Å²) in [7, 11) is 0. The lowest BCUT2D eigenvalue weighted by atomic mass is 10.2. The van der Waals surface area contributed by atoms with E-state index in [1.54, 1.807) is 18.5 Å². The Labute approximate surface area is 98.3 Å². The Morgan fingerprint density at radius 2 is 2.18 bits per heavy atom. The van der Waals surface area contributed by atoms with Crippen LogP contribution in [0.25, 0.3) is 0 Å². The summed E-state index contributed by atoms with van der Waals surface area (Å²) < 4.78 is 12.9. The van der Waals surface area contributed by atoms with Gasteiger partial charge in [-0.2, -0.15) is 0 Å². The van der Waals surface area contributed by atoms with Gasteiger partial charge >= 0.3 is 0 Å². The second-order valence-corrected chi connectivity index (χ2v) is 3.60. The van der Waals surface area contributed by atoms with E-state index in [0.29, 0.717) is 12.1 Å². The van der Waals surface area contributed by atoms with Gasteiger partial charge in [-0.1, -0.05) is 6.07 Å². The average Bonchev–Trinajstić information content (AvgIpc) is 2.37. The van der Waals surface area contributed by atoms with Gasteiger partial charge in [0, 0.05) is 23.7 Å². The lowest BCUT2D eigenvalue weighted by Crippen LogP contribution is -2.23. The van der Waals surface area contributed by atoms with Crippen LogP contribution in [0, 0.1) is 5.82 Å². The second-order valence-electron chi connectivity index (χ2n) is 3.60. The molecule has 0 fully saturated rings. The number of nitrogens with one attached hydrogen (secondary N) is 2. The molecule has 0 bridgehead atoms. The number of hydrogen-bond acceptors (Lipinski definition) is 1. The molecule has 4 heteroatoms. The van der Waals surface area contributed by atoms with E-state index in [2.05, 4.69) is 10.3 Å². The molecule has 0 atom stereocenters. The zero-order chi connectivity index (χ0) is 12.1. The third-order valence-electron chi connectivity index (χ3n) is 2.31. The number of aromatic nitrogens is 1. The summed E-state index contributed by atoms with van der Waals surface area (Å²) in [5.41, 5.74) is 1.28. The lowest BCUT2D eigenvalue weighted by Gasteiger charge is -2.03. The predicted octanol–water partition coefficient (Wildman–Crippen LogP) is 1.57. The van der Waals surface area contributed by atoms with Gasteiger partial charge in [0.2, 0.25) is 0 Å². The highest BCUT2D eigenvalue weighted by Gasteiger charge is 2.06. The third-order valence-corrected chi connectivity index (χ3v) is 2.31. The summed E-state index contributed by atoms with van der Waals surface area (Å²) in [6.45, 7) is 0.409. The van der Waals surface area contributed by atoms with Crippen LogP contribution in [-0.4, -0.2) is 5.91 Å². The summed E-state index contributed by atoms with van der Waals surface area (Å²) in [5.74, 6) is -0.695. The Hall–Kier alpha value is -2.23. The lowest BCUT2D eigenvalue weighted by molar-refractivity contribution is -0.378. The Bertz CT molecular complexity index is 514. The first-order valence-corrected chi connectivity index (χ1v) is 5.24. The Kier molecular flexibility index (Phi) is 3.45. The van der Waals surface area contributed by atoms with Gasteiger partial charge in [-0.25, -0.2) is 9.37 Å². The van der Waals surface area contributed by atoms with E-state index in [9.17, 15) is 9.18 Å². The van der Waals surface area contributed by atoms with Crippen molar-refractivity contribution in [1.29, 1.82) is 0 Å². The molecule has 3 nitrogen and oxygen atoms in total. The van der Waals surface area contributed by atoms with Crippen molar-refractivity contribution in [3.63, 3.8) is 0 Å². The van der Waals surface area contributed by atoms with Crippen LogP contribution in [0.15, 0.2) is 48.8 Å². The maximum Gasteiger partial charge on any atom is 0.251 e. The maximum atomic E-state index is 12.9. The Morgan fingerprint density at radius 3 is 2.88 bits per heavy atom. The monoisotopic (exact) mass is 231 g/mol. The third kappa shape index (κ3) is 3.11. The Morgan fingerprint density at radius 1 is 1.29 bits per heavy atom. The summed E-state index contributed by atoms with van der Waals surface area (Å²) in [5, 5.41) is 2.72. The quantitative estimate of drug-likeness (QED) is 0.856. The second kappa shape index (κ2) is 5.21. The molecule has 86 valence electrons. The van der Waals surface area contributed by atoms with Crippen LogP contribution in [0.5, 0.6) is 0 Å². The number of aromatic amines is 1. The summed E-state index contributed by atoms with van der Waals surface area (Å²) >= 11 is 0. The number of halogens is 1. The highest BCUT2D eigenvalue weighted by atomic mass is 19.1. The maximum absolute atomic E-state index is 12.9. The number of carbonyl (C=O) groups is 1. The van der Waals surface area contributed by atoms with Crippen molar-refractivity contribution >= 4 is 5.91 Å². The van der Waals surface area contributed by atoms with Gasteiger partial charge in [0.05, 0.1) is 0 Å². The summed E-state index contributed by atoms with van der Waals surface area (Å²) in [6, 6.07) is 9.36. The van der Waals surface area contributed by atoms with Crippen LogP contribution >= 0.6 is 0 Å². The van der Waals surface area contributed by atoms with Gasteiger partial charge in [0.1, 0.15) is 5.82 Å². The standard InChI is InChI=1S/C13H11FN2O/c14-12-5-1-4-11(7-12)13(17)16-9-10-3-2-6-15-8-10/h1-8H,9H2,(H,16,17)/p+1. The van der Waals surface area contributed by atoms with E-state index in [1.165, 1.54) is 18.2 Å².